The van der Waals surface area contributed by atoms with Crippen molar-refractivity contribution in [1.29, 1.82) is 0 Å². The van der Waals surface area contributed by atoms with Crippen molar-refractivity contribution in [3.8, 4) is 0 Å². The largest absolute Gasteiger partial charge is 0.383 e. The van der Waals surface area contributed by atoms with Crippen LogP contribution in [0.5, 0.6) is 0 Å². The molecule has 0 atom stereocenters. The Morgan fingerprint density at radius 2 is 1.92 bits per heavy atom. The normalized spacial score (nSPS) is 21.1. The van der Waals surface area contributed by atoms with Gasteiger partial charge in [-0.05, 0) is 18.4 Å². The molecule has 2 heteroatoms. The molecule has 0 spiro atoms. The van der Waals surface area contributed by atoms with E-state index in [2.05, 4.69) is 13.2 Å². The third-order valence-electron chi connectivity index (χ3n) is 2.10. The van der Waals surface area contributed by atoms with Gasteiger partial charge in [0.15, 0.2) is 5.78 Å². The standard InChI is InChI=1S/C11H15NO/c1-8-5-6-10(7-12(3)4)11(13)9(8)2/h7H,1-2,5-6H2,3-4H3/b10-7+. The molecule has 0 aromatic carbocycles. The minimum absolute atomic E-state index is 0.0463. The Hall–Kier alpha value is -1.31. The molecule has 1 fully saturated rings. The fraction of sp³-hybridized carbons (Fsp3) is 0.364. The minimum atomic E-state index is 0.0463. The van der Waals surface area contributed by atoms with Crippen LogP contribution in [0.4, 0.5) is 0 Å². The Balaban J connectivity index is 2.88. The third-order valence-corrected chi connectivity index (χ3v) is 2.10. The van der Waals surface area contributed by atoms with Crippen LogP contribution in [0.3, 0.4) is 0 Å². The van der Waals surface area contributed by atoms with Crippen LogP contribution in [0.2, 0.25) is 0 Å². The molecule has 0 radical (unpaired) electrons. The van der Waals surface area contributed by atoms with Crippen LogP contribution in [0.25, 0.3) is 0 Å². The van der Waals surface area contributed by atoms with Gasteiger partial charge in [0, 0.05) is 31.4 Å². The molecule has 0 amide bonds. The van der Waals surface area contributed by atoms with Gasteiger partial charge in [-0.3, -0.25) is 4.79 Å². The molecule has 0 aromatic rings. The molecule has 0 N–H and O–H groups in total. The molecule has 1 saturated carbocycles. The van der Waals surface area contributed by atoms with Gasteiger partial charge >= 0.3 is 0 Å². The number of Topliss-reactive ketones (excluding diaryl/α,β-unsaturated/α-hetero) is 1. The van der Waals surface area contributed by atoms with E-state index in [1.165, 1.54) is 0 Å². The summed E-state index contributed by atoms with van der Waals surface area (Å²) in [6, 6.07) is 0. The number of nitrogens with zero attached hydrogens (tertiary/aromatic N) is 1. The smallest absolute Gasteiger partial charge is 0.190 e. The molecule has 1 aliphatic rings. The van der Waals surface area contributed by atoms with Gasteiger partial charge in [-0.25, -0.2) is 0 Å². The highest BCUT2D eigenvalue weighted by Gasteiger charge is 2.21. The lowest BCUT2D eigenvalue weighted by Crippen LogP contribution is -2.16. The molecule has 13 heavy (non-hydrogen) atoms. The van der Waals surface area contributed by atoms with Crippen LogP contribution in [-0.4, -0.2) is 24.8 Å². The van der Waals surface area contributed by atoms with Gasteiger partial charge in [0.2, 0.25) is 0 Å². The Labute approximate surface area is 79.2 Å². The van der Waals surface area contributed by atoms with Gasteiger partial charge in [-0.15, -0.1) is 0 Å². The number of ketones is 1. The molecule has 1 rings (SSSR count). The molecule has 2 nitrogen and oxygen atoms in total. The number of carbonyl (C=O) groups is 1. The molecule has 70 valence electrons. The third kappa shape index (κ3) is 2.08. The number of rotatable bonds is 1. The van der Waals surface area contributed by atoms with Crippen LogP contribution in [0.15, 0.2) is 36.1 Å². The van der Waals surface area contributed by atoms with Gasteiger partial charge < -0.3 is 4.90 Å². The SMILES string of the molecule is C=C1CC/C(=C\N(C)C)C(=O)C1=C. The fourth-order valence-electron chi connectivity index (χ4n) is 1.34. The van der Waals surface area contributed by atoms with E-state index in [4.69, 9.17) is 0 Å². The van der Waals surface area contributed by atoms with E-state index in [1.54, 1.807) is 0 Å². The van der Waals surface area contributed by atoms with Gasteiger partial charge in [0.05, 0.1) is 0 Å². The first-order valence-electron chi connectivity index (χ1n) is 4.31. The van der Waals surface area contributed by atoms with E-state index in [0.29, 0.717) is 5.57 Å². The summed E-state index contributed by atoms with van der Waals surface area (Å²) in [6.07, 6.45) is 3.50. The highest BCUT2D eigenvalue weighted by Crippen LogP contribution is 2.27. The summed E-state index contributed by atoms with van der Waals surface area (Å²) >= 11 is 0. The zero-order valence-corrected chi connectivity index (χ0v) is 8.26. The molecule has 1 aliphatic carbocycles. The van der Waals surface area contributed by atoms with Crippen molar-refractivity contribution < 1.29 is 4.79 Å². The second-order valence-corrected chi connectivity index (χ2v) is 3.53. The lowest BCUT2D eigenvalue weighted by Gasteiger charge is -2.19. The van der Waals surface area contributed by atoms with E-state index in [0.717, 1.165) is 24.0 Å². The van der Waals surface area contributed by atoms with Crippen molar-refractivity contribution in [2.75, 3.05) is 14.1 Å². The van der Waals surface area contributed by atoms with Crippen molar-refractivity contribution in [1.82, 2.24) is 4.90 Å². The number of carbonyl (C=O) groups excluding carboxylic acids is 1. The quantitative estimate of drug-likeness (QED) is 0.570. The predicted molar refractivity (Wildman–Crippen MR) is 54.3 cm³/mol. The summed E-state index contributed by atoms with van der Waals surface area (Å²) in [6.45, 7) is 7.52. The van der Waals surface area contributed by atoms with Crippen LogP contribution >= 0.6 is 0 Å². The first-order valence-corrected chi connectivity index (χ1v) is 4.31. The summed E-state index contributed by atoms with van der Waals surface area (Å²) in [7, 11) is 3.82. The van der Waals surface area contributed by atoms with Crippen molar-refractivity contribution >= 4 is 5.78 Å². The maximum Gasteiger partial charge on any atom is 0.190 e. The molecular formula is C11H15NO. The van der Waals surface area contributed by atoms with Crippen LogP contribution < -0.4 is 0 Å². The highest BCUT2D eigenvalue weighted by atomic mass is 16.1. The molecule has 0 unspecified atom stereocenters. The summed E-state index contributed by atoms with van der Waals surface area (Å²) in [5.74, 6) is 0.0463. The van der Waals surface area contributed by atoms with Crippen molar-refractivity contribution in [2.24, 2.45) is 0 Å². The zero-order valence-electron chi connectivity index (χ0n) is 8.26. The monoisotopic (exact) mass is 177 g/mol. The van der Waals surface area contributed by atoms with Gasteiger partial charge in [0.25, 0.3) is 0 Å². The second-order valence-electron chi connectivity index (χ2n) is 3.53. The fourth-order valence-corrected chi connectivity index (χ4v) is 1.34. The number of hydrogen-bond acceptors (Lipinski definition) is 2. The molecule has 0 bridgehead atoms. The van der Waals surface area contributed by atoms with Crippen molar-refractivity contribution in [2.45, 2.75) is 12.8 Å². The molecule has 0 aromatic heterocycles. The van der Waals surface area contributed by atoms with Crippen molar-refractivity contribution in [3.05, 3.63) is 36.1 Å². The molecule has 0 aliphatic heterocycles. The summed E-state index contributed by atoms with van der Waals surface area (Å²) in [4.78, 5) is 13.5. The lowest BCUT2D eigenvalue weighted by molar-refractivity contribution is -0.112. The maximum atomic E-state index is 11.6. The Morgan fingerprint density at radius 3 is 2.46 bits per heavy atom. The van der Waals surface area contributed by atoms with E-state index >= 15 is 0 Å². The molecule has 0 heterocycles. The Morgan fingerprint density at radius 1 is 1.31 bits per heavy atom. The highest BCUT2D eigenvalue weighted by molar-refractivity contribution is 6.11. The summed E-state index contributed by atoms with van der Waals surface area (Å²) in [5, 5.41) is 0. The molecule has 0 saturated heterocycles. The van der Waals surface area contributed by atoms with Crippen molar-refractivity contribution in [3.63, 3.8) is 0 Å². The van der Waals surface area contributed by atoms with E-state index in [1.807, 2.05) is 25.2 Å². The van der Waals surface area contributed by atoms with Gasteiger partial charge in [-0.2, -0.15) is 0 Å². The zero-order chi connectivity index (χ0) is 10.0. The van der Waals surface area contributed by atoms with Crippen LogP contribution in [0, 0.1) is 0 Å². The maximum absolute atomic E-state index is 11.6. The van der Waals surface area contributed by atoms with Gasteiger partial charge in [-0.1, -0.05) is 13.2 Å². The van der Waals surface area contributed by atoms with E-state index in [9.17, 15) is 4.79 Å². The first-order chi connectivity index (χ1) is 6.02. The number of hydrogen-bond donors (Lipinski definition) is 0. The minimum Gasteiger partial charge on any atom is -0.383 e. The van der Waals surface area contributed by atoms with Crippen LogP contribution in [0.1, 0.15) is 12.8 Å². The topological polar surface area (TPSA) is 20.3 Å². The first kappa shape index (κ1) is 9.78. The summed E-state index contributed by atoms with van der Waals surface area (Å²) < 4.78 is 0. The van der Waals surface area contributed by atoms with E-state index < -0.39 is 0 Å². The lowest BCUT2D eigenvalue weighted by atomic mass is 9.87. The Kier molecular flexibility index (Phi) is 2.71. The van der Waals surface area contributed by atoms with E-state index in [-0.39, 0.29) is 5.78 Å². The Bertz CT molecular complexity index is 297. The second kappa shape index (κ2) is 3.60. The van der Waals surface area contributed by atoms with Gasteiger partial charge in [0.1, 0.15) is 0 Å². The van der Waals surface area contributed by atoms with Crippen LogP contribution in [-0.2, 0) is 4.79 Å². The number of allylic oxidation sites excluding steroid dienone is 3. The average molecular weight is 177 g/mol. The molecular weight excluding hydrogens is 162 g/mol. The predicted octanol–water partition coefficient (Wildman–Crippen LogP) is 1.91. The summed E-state index contributed by atoms with van der Waals surface area (Å²) in [5.41, 5.74) is 2.28. The average Bonchev–Trinajstić information content (AvgIpc) is 2.06.